The van der Waals surface area contributed by atoms with E-state index >= 15 is 0 Å². The molecule has 0 bridgehead atoms. The van der Waals surface area contributed by atoms with E-state index < -0.39 is 11.6 Å². The summed E-state index contributed by atoms with van der Waals surface area (Å²) in [7, 11) is 0. The van der Waals surface area contributed by atoms with E-state index in [1.807, 2.05) is 0 Å². The molecule has 0 saturated carbocycles. The topological polar surface area (TPSA) is 82.5 Å². The van der Waals surface area contributed by atoms with Gasteiger partial charge in [0.15, 0.2) is 17.5 Å². The molecule has 2 heterocycles. The molecule has 0 amide bonds. The number of benzene rings is 1. The zero-order valence-corrected chi connectivity index (χ0v) is 10.0. The second-order valence-corrected chi connectivity index (χ2v) is 3.92. The predicted octanol–water partition coefficient (Wildman–Crippen LogP) is 1.58. The van der Waals surface area contributed by atoms with Crippen molar-refractivity contribution in [2.75, 3.05) is 5.73 Å². The van der Waals surface area contributed by atoms with Crippen LogP contribution in [0.1, 0.15) is 0 Å². The van der Waals surface area contributed by atoms with Gasteiger partial charge in [-0.15, -0.1) is 0 Å². The van der Waals surface area contributed by atoms with Crippen molar-refractivity contribution in [1.82, 2.24) is 24.5 Å². The number of hydrogen-bond acceptors (Lipinski definition) is 5. The van der Waals surface area contributed by atoms with Crippen LogP contribution in [0, 0.1) is 11.6 Å². The SMILES string of the molecule is Nc1nc(-c2ccc(F)c(F)c2)nc(-n2ccnc2)n1. The Bertz CT molecular complexity index is 757. The van der Waals surface area contributed by atoms with Crippen molar-refractivity contribution >= 4 is 5.95 Å². The number of rotatable bonds is 2. The highest BCUT2D eigenvalue weighted by atomic mass is 19.2. The number of nitrogens with zero attached hydrogens (tertiary/aromatic N) is 5. The molecule has 1 aromatic carbocycles. The molecule has 8 heteroatoms. The Morgan fingerprint density at radius 2 is 1.90 bits per heavy atom. The van der Waals surface area contributed by atoms with Crippen LogP contribution in [0.25, 0.3) is 17.3 Å². The van der Waals surface area contributed by atoms with E-state index in [2.05, 4.69) is 19.9 Å². The highest BCUT2D eigenvalue weighted by Crippen LogP contribution is 2.19. The first-order valence-electron chi connectivity index (χ1n) is 5.59. The number of imidazole rings is 1. The maximum absolute atomic E-state index is 13.2. The van der Waals surface area contributed by atoms with Crippen molar-refractivity contribution in [1.29, 1.82) is 0 Å². The number of nitrogen functional groups attached to an aromatic ring is 1. The monoisotopic (exact) mass is 274 g/mol. The van der Waals surface area contributed by atoms with Crippen LogP contribution in [0.5, 0.6) is 0 Å². The van der Waals surface area contributed by atoms with Gasteiger partial charge in [0, 0.05) is 18.0 Å². The minimum absolute atomic E-state index is 0.0246. The first-order valence-corrected chi connectivity index (χ1v) is 5.59. The summed E-state index contributed by atoms with van der Waals surface area (Å²) in [5.41, 5.74) is 5.91. The van der Waals surface area contributed by atoms with Crippen LogP contribution in [0.3, 0.4) is 0 Å². The van der Waals surface area contributed by atoms with Gasteiger partial charge >= 0.3 is 0 Å². The van der Waals surface area contributed by atoms with Gasteiger partial charge in [0.1, 0.15) is 6.33 Å². The summed E-state index contributed by atoms with van der Waals surface area (Å²) in [4.78, 5) is 15.9. The maximum Gasteiger partial charge on any atom is 0.240 e. The Labute approximate surface area is 112 Å². The summed E-state index contributed by atoms with van der Waals surface area (Å²) in [6.07, 6.45) is 4.67. The zero-order chi connectivity index (χ0) is 14.1. The number of aromatic nitrogens is 5. The van der Waals surface area contributed by atoms with E-state index in [1.165, 1.54) is 17.0 Å². The van der Waals surface area contributed by atoms with Gasteiger partial charge in [-0.05, 0) is 18.2 Å². The molecule has 6 nitrogen and oxygen atoms in total. The third-order valence-corrected chi connectivity index (χ3v) is 2.55. The van der Waals surface area contributed by atoms with Gasteiger partial charge < -0.3 is 5.73 Å². The molecule has 0 atom stereocenters. The minimum atomic E-state index is -0.981. The number of halogens is 2. The van der Waals surface area contributed by atoms with Crippen molar-refractivity contribution in [2.24, 2.45) is 0 Å². The normalized spacial score (nSPS) is 10.7. The summed E-state index contributed by atoms with van der Waals surface area (Å²) < 4.78 is 27.7. The highest BCUT2D eigenvalue weighted by Gasteiger charge is 2.10. The van der Waals surface area contributed by atoms with Crippen LogP contribution >= 0.6 is 0 Å². The summed E-state index contributed by atoms with van der Waals surface area (Å²) in [6, 6.07) is 3.37. The standard InChI is InChI=1S/C12H8F2N6/c13-8-2-1-7(5-9(8)14)10-17-11(15)19-12(18-10)20-4-3-16-6-20/h1-6H,(H2,15,17,18,19). The van der Waals surface area contributed by atoms with Gasteiger partial charge in [0.2, 0.25) is 11.9 Å². The predicted molar refractivity (Wildman–Crippen MR) is 66.7 cm³/mol. The van der Waals surface area contributed by atoms with Crippen molar-refractivity contribution in [2.45, 2.75) is 0 Å². The van der Waals surface area contributed by atoms with Crippen molar-refractivity contribution < 1.29 is 8.78 Å². The van der Waals surface area contributed by atoms with Crippen LogP contribution < -0.4 is 5.73 Å². The minimum Gasteiger partial charge on any atom is -0.368 e. The largest absolute Gasteiger partial charge is 0.368 e. The first kappa shape index (κ1) is 12.2. The number of hydrogen-bond donors (Lipinski definition) is 1. The fourth-order valence-corrected chi connectivity index (χ4v) is 1.64. The Balaban J connectivity index is 2.12. The third kappa shape index (κ3) is 2.18. The zero-order valence-electron chi connectivity index (χ0n) is 10.0. The average Bonchev–Trinajstić information content (AvgIpc) is 2.95. The first-order chi connectivity index (χ1) is 9.63. The van der Waals surface area contributed by atoms with Gasteiger partial charge in [0.05, 0.1) is 0 Å². The Morgan fingerprint density at radius 3 is 2.60 bits per heavy atom. The molecule has 0 aliphatic heterocycles. The maximum atomic E-state index is 13.2. The molecule has 20 heavy (non-hydrogen) atoms. The molecule has 3 rings (SSSR count). The van der Waals surface area contributed by atoms with Gasteiger partial charge in [-0.25, -0.2) is 13.8 Å². The fraction of sp³-hybridized carbons (Fsp3) is 0. The van der Waals surface area contributed by atoms with Crippen molar-refractivity contribution in [3.8, 4) is 17.3 Å². The van der Waals surface area contributed by atoms with E-state index in [0.29, 0.717) is 5.56 Å². The van der Waals surface area contributed by atoms with Crippen LogP contribution in [0.4, 0.5) is 14.7 Å². The van der Waals surface area contributed by atoms with Gasteiger partial charge in [-0.3, -0.25) is 4.57 Å². The van der Waals surface area contributed by atoms with Crippen molar-refractivity contribution in [3.63, 3.8) is 0 Å². The molecule has 3 aromatic rings. The lowest BCUT2D eigenvalue weighted by Crippen LogP contribution is -2.06. The number of nitrogens with two attached hydrogens (primary N) is 1. The van der Waals surface area contributed by atoms with Gasteiger partial charge in [-0.2, -0.15) is 15.0 Å². The second-order valence-electron chi connectivity index (χ2n) is 3.92. The van der Waals surface area contributed by atoms with E-state index in [-0.39, 0.29) is 17.7 Å². The van der Waals surface area contributed by atoms with Crippen LogP contribution in [-0.2, 0) is 0 Å². The molecule has 2 aromatic heterocycles. The molecule has 0 spiro atoms. The Morgan fingerprint density at radius 1 is 1.05 bits per heavy atom. The number of anilines is 1. The lowest BCUT2D eigenvalue weighted by atomic mass is 10.2. The smallest absolute Gasteiger partial charge is 0.240 e. The molecule has 0 aliphatic carbocycles. The molecule has 0 saturated heterocycles. The van der Waals surface area contributed by atoms with Crippen LogP contribution in [0.15, 0.2) is 36.9 Å². The van der Waals surface area contributed by atoms with Crippen LogP contribution in [0.2, 0.25) is 0 Å². The Kier molecular flexibility index (Phi) is 2.82. The summed E-state index contributed by atoms with van der Waals surface area (Å²) in [5.74, 6) is -1.55. The van der Waals surface area contributed by atoms with Gasteiger partial charge in [-0.1, -0.05) is 0 Å². The highest BCUT2D eigenvalue weighted by molar-refractivity contribution is 5.56. The fourth-order valence-electron chi connectivity index (χ4n) is 1.64. The summed E-state index contributed by atoms with van der Waals surface area (Å²) in [5, 5.41) is 0. The molecule has 100 valence electrons. The van der Waals surface area contributed by atoms with E-state index in [1.54, 1.807) is 12.4 Å². The third-order valence-electron chi connectivity index (χ3n) is 2.55. The lowest BCUT2D eigenvalue weighted by Gasteiger charge is -2.05. The quantitative estimate of drug-likeness (QED) is 0.767. The van der Waals surface area contributed by atoms with Gasteiger partial charge in [0.25, 0.3) is 0 Å². The molecule has 0 radical (unpaired) electrons. The average molecular weight is 274 g/mol. The molecule has 0 unspecified atom stereocenters. The molecular weight excluding hydrogens is 266 g/mol. The molecular formula is C12H8F2N6. The molecule has 0 fully saturated rings. The van der Waals surface area contributed by atoms with E-state index in [9.17, 15) is 8.78 Å². The molecule has 2 N–H and O–H groups in total. The second kappa shape index (κ2) is 4.65. The van der Waals surface area contributed by atoms with E-state index in [4.69, 9.17) is 5.73 Å². The summed E-state index contributed by atoms with van der Waals surface area (Å²) >= 11 is 0. The Hall–Kier alpha value is -2.90. The van der Waals surface area contributed by atoms with Crippen LogP contribution in [-0.4, -0.2) is 24.5 Å². The van der Waals surface area contributed by atoms with E-state index in [0.717, 1.165) is 12.1 Å². The summed E-state index contributed by atoms with van der Waals surface area (Å²) in [6.45, 7) is 0. The molecule has 0 aliphatic rings. The lowest BCUT2D eigenvalue weighted by molar-refractivity contribution is 0.509. The van der Waals surface area contributed by atoms with Crippen molar-refractivity contribution in [3.05, 3.63) is 48.6 Å².